The number of alkyl halides is 5. The number of piperidine rings is 1. The number of aliphatic hydroxyl groups is 1. The van der Waals surface area contributed by atoms with Crippen molar-refractivity contribution in [3.63, 3.8) is 0 Å². The molecule has 1 fully saturated rings. The predicted octanol–water partition coefficient (Wildman–Crippen LogP) is 2.82. The molecule has 1 unspecified atom stereocenters. The number of carbonyl (C=O) groups excluding carboxylic acids is 2. The molecule has 15 heteroatoms. The normalized spacial score (nSPS) is 20.5. The Balaban J connectivity index is 0.00000361. The second-order valence-corrected chi connectivity index (χ2v) is 9.32. The molecule has 0 saturated carbocycles. The zero-order valence-electron chi connectivity index (χ0n) is 18.7. The van der Waals surface area contributed by atoms with Crippen LogP contribution in [-0.2, 0) is 28.7 Å². The lowest BCUT2D eigenvalue weighted by Gasteiger charge is -2.38. The third kappa shape index (κ3) is 5.76. The van der Waals surface area contributed by atoms with Gasteiger partial charge < -0.3 is 20.6 Å². The molecule has 0 aliphatic carbocycles. The fourth-order valence-corrected chi connectivity index (χ4v) is 4.82. The SMILES string of the molecule is Cl.N[C@@H](CC(=O)N1CCc2c(nc(-c3ccsc3)nc2C(F)(F)F)C1)CN1C(=O)CCC(F)(F)C1O. The Kier molecular flexibility index (Phi) is 8.23. The lowest BCUT2D eigenvalue weighted by molar-refractivity contribution is -0.205. The molecule has 2 aromatic heterocycles. The first kappa shape index (κ1) is 28.2. The molecule has 36 heavy (non-hydrogen) atoms. The quantitative estimate of drug-likeness (QED) is 0.549. The summed E-state index contributed by atoms with van der Waals surface area (Å²) in [5.41, 5.74) is 5.31. The van der Waals surface area contributed by atoms with E-state index in [9.17, 15) is 36.6 Å². The number of carbonyl (C=O) groups is 2. The third-order valence-electron chi connectivity index (χ3n) is 6.00. The number of thiophene rings is 1. The molecule has 4 rings (SSSR count). The van der Waals surface area contributed by atoms with E-state index in [1.54, 1.807) is 16.8 Å². The number of nitrogens with zero attached hydrogens (tertiary/aromatic N) is 4. The van der Waals surface area contributed by atoms with Gasteiger partial charge in [-0.3, -0.25) is 9.59 Å². The number of rotatable bonds is 5. The first-order valence-corrected chi connectivity index (χ1v) is 11.7. The average Bonchev–Trinajstić information content (AvgIpc) is 3.33. The van der Waals surface area contributed by atoms with Crippen LogP contribution in [0.2, 0.25) is 0 Å². The molecule has 2 atom stereocenters. The van der Waals surface area contributed by atoms with E-state index in [0.29, 0.717) is 10.5 Å². The molecule has 0 spiro atoms. The highest BCUT2D eigenvalue weighted by Crippen LogP contribution is 2.36. The van der Waals surface area contributed by atoms with Crippen LogP contribution in [-0.4, -0.2) is 68.0 Å². The Hall–Kier alpha value is -2.42. The predicted molar refractivity (Wildman–Crippen MR) is 121 cm³/mol. The molecule has 3 N–H and O–H groups in total. The minimum absolute atomic E-state index is 0. The van der Waals surface area contributed by atoms with Gasteiger partial charge in [-0.1, -0.05) is 0 Å². The van der Waals surface area contributed by atoms with E-state index >= 15 is 0 Å². The first-order valence-electron chi connectivity index (χ1n) is 10.7. The van der Waals surface area contributed by atoms with Crippen LogP contribution < -0.4 is 5.73 Å². The minimum atomic E-state index is -4.70. The van der Waals surface area contributed by atoms with E-state index < -0.39 is 61.3 Å². The monoisotopic (exact) mass is 555 g/mol. The second-order valence-electron chi connectivity index (χ2n) is 8.54. The van der Waals surface area contributed by atoms with Crippen molar-refractivity contribution < 1.29 is 36.6 Å². The summed E-state index contributed by atoms with van der Waals surface area (Å²) in [4.78, 5) is 34.6. The highest BCUT2D eigenvalue weighted by Gasteiger charge is 2.48. The molecule has 0 radical (unpaired) electrons. The van der Waals surface area contributed by atoms with Gasteiger partial charge in [-0.15, -0.1) is 12.4 Å². The molecule has 0 aromatic carbocycles. The largest absolute Gasteiger partial charge is 0.433 e. The molecule has 4 heterocycles. The number of hydrogen-bond acceptors (Lipinski definition) is 7. The van der Waals surface area contributed by atoms with Crippen LogP contribution in [0.15, 0.2) is 16.8 Å². The number of fused-ring (bicyclic) bond motifs is 1. The molecule has 198 valence electrons. The smallest absolute Gasteiger partial charge is 0.368 e. The maximum absolute atomic E-state index is 13.8. The lowest BCUT2D eigenvalue weighted by atomic mass is 10.0. The number of likely N-dealkylation sites (tertiary alicyclic amines) is 1. The molecule has 2 aliphatic heterocycles. The van der Waals surface area contributed by atoms with E-state index in [4.69, 9.17) is 5.73 Å². The topological polar surface area (TPSA) is 113 Å². The van der Waals surface area contributed by atoms with Crippen molar-refractivity contribution in [3.8, 4) is 11.4 Å². The Morgan fingerprint density at radius 1 is 1.31 bits per heavy atom. The molecular formula is C21H23ClF5N5O3S. The highest BCUT2D eigenvalue weighted by molar-refractivity contribution is 7.08. The van der Waals surface area contributed by atoms with Crippen molar-refractivity contribution in [1.82, 2.24) is 19.8 Å². The van der Waals surface area contributed by atoms with Crippen molar-refractivity contribution in [2.75, 3.05) is 13.1 Å². The maximum Gasteiger partial charge on any atom is 0.433 e. The van der Waals surface area contributed by atoms with Gasteiger partial charge in [-0.2, -0.15) is 24.5 Å². The van der Waals surface area contributed by atoms with Gasteiger partial charge in [-0.05, 0) is 17.9 Å². The summed E-state index contributed by atoms with van der Waals surface area (Å²) in [6.07, 6.45) is -8.74. The number of halogens is 6. The van der Waals surface area contributed by atoms with Gasteiger partial charge in [0.2, 0.25) is 11.8 Å². The van der Waals surface area contributed by atoms with Gasteiger partial charge in [0.1, 0.15) is 0 Å². The molecule has 1 saturated heterocycles. The molecule has 0 bridgehead atoms. The number of hydrogen-bond donors (Lipinski definition) is 2. The van der Waals surface area contributed by atoms with Crippen molar-refractivity contribution in [2.45, 2.75) is 56.6 Å². The summed E-state index contributed by atoms with van der Waals surface area (Å²) < 4.78 is 68.6. The van der Waals surface area contributed by atoms with E-state index in [2.05, 4.69) is 9.97 Å². The van der Waals surface area contributed by atoms with Crippen LogP contribution in [0.5, 0.6) is 0 Å². The van der Waals surface area contributed by atoms with Gasteiger partial charge >= 0.3 is 6.18 Å². The second kappa shape index (κ2) is 10.5. The lowest BCUT2D eigenvalue weighted by Crippen LogP contribution is -2.58. The zero-order chi connectivity index (χ0) is 25.5. The van der Waals surface area contributed by atoms with Gasteiger partial charge in [0.15, 0.2) is 17.7 Å². The summed E-state index contributed by atoms with van der Waals surface area (Å²) in [5, 5.41) is 13.1. The number of aliphatic hydroxyl groups excluding tert-OH is 1. The van der Waals surface area contributed by atoms with Crippen LogP contribution in [0.3, 0.4) is 0 Å². The standard InChI is InChI=1S/C21H22F5N5O3S.ClH/c22-20(23)4-1-15(32)31(19(20)34)8-12(27)7-16(33)30-5-2-13-14(9-30)28-18(11-3-6-35-10-11)29-17(13)21(24,25)26;/h3,6,10,12,19,34H,1-2,4-5,7-9,27H2;1H/t12-,19?;/m0./s1. The fourth-order valence-electron chi connectivity index (χ4n) is 4.18. The fraction of sp³-hybridized carbons (Fsp3) is 0.524. The molecule has 8 nitrogen and oxygen atoms in total. The molecule has 2 aromatic rings. The Bertz CT molecular complexity index is 1120. The van der Waals surface area contributed by atoms with E-state index in [0.717, 1.165) is 0 Å². The summed E-state index contributed by atoms with van der Waals surface area (Å²) in [6, 6.07) is 0.533. The average molecular weight is 556 g/mol. The highest BCUT2D eigenvalue weighted by atomic mass is 35.5. The summed E-state index contributed by atoms with van der Waals surface area (Å²) in [7, 11) is 0. The molecule has 2 amide bonds. The Morgan fingerprint density at radius 2 is 2.03 bits per heavy atom. The number of aromatic nitrogens is 2. The number of nitrogens with two attached hydrogens (primary N) is 1. The molecular weight excluding hydrogens is 533 g/mol. The van der Waals surface area contributed by atoms with Gasteiger partial charge in [0.05, 0.1) is 12.2 Å². The van der Waals surface area contributed by atoms with Crippen LogP contribution in [0.1, 0.15) is 36.2 Å². The zero-order valence-corrected chi connectivity index (χ0v) is 20.3. The van der Waals surface area contributed by atoms with Crippen molar-refractivity contribution in [2.24, 2.45) is 5.73 Å². The van der Waals surface area contributed by atoms with Crippen LogP contribution >= 0.6 is 23.7 Å². The Labute approximate surface area is 212 Å². The third-order valence-corrected chi connectivity index (χ3v) is 6.68. The van der Waals surface area contributed by atoms with E-state index in [-0.39, 0.29) is 55.4 Å². The van der Waals surface area contributed by atoms with Gasteiger partial charge in [-0.25, -0.2) is 18.7 Å². The van der Waals surface area contributed by atoms with Crippen LogP contribution in [0, 0.1) is 0 Å². The maximum atomic E-state index is 13.8. The summed E-state index contributed by atoms with van der Waals surface area (Å²) in [5.74, 6) is -4.81. The van der Waals surface area contributed by atoms with E-state index in [1.165, 1.54) is 16.2 Å². The minimum Gasteiger partial charge on any atom is -0.368 e. The molecule has 2 aliphatic rings. The first-order chi connectivity index (χ1) is 16.4. The Morgan fingerprint density at radius 3 is 2.67 bits per heavy atom. The van der Waals surface area contributed by atoms with Crippen molar-refractivity contribution in [3.05, 3.63) is 33.8 Å². The van der Waals surface area contributed by atoms with Gasteiger partial charge in [0.25, 0.3) is 5.92 Å². The van der Waals surface area contributed by atoms with Gasteiger partial charge in [0, 0.05) is 54.9 Å². The van der Waals surface area contributed by atoms with Crippen molar-refractivity contribution in [1.29, 1.82) is 0 Å². The number of amides is 2. The summed E-state index contributed by atoms with van der Waals surface area (Å²) in [6.45, 7) is -0.701. The van der Waals surface area contributed by atoms with Crippen LogP contribution in [0.4, 0.5) is 22.0 Å². The van der Waals surface area contributed by atoms with E-state index in [1.807, 2.05) is 0 Å². The summed E-state index contributed by atoms with van der Waals surface area (Å²) >= 11 is 1.28. The van der Waals surface area contributed by atoms with Crippen molar-refractivity contribution >= 4 is 35.6 Å². The van der Waals surface area contributed by atoms with Crippen LogP contribution in [0.25, 0.3) is 11.4 Å².